The highest BCUT2D eigenvalue weighted by Gasteiger charge is 2.25. The zero-order valence-corrected chi connectivity index (χ0v) is 18.8. The lowest BCUT2D eigenvalue weighted by atomic mass is 10.2. The van der Waals surface area contributed by atoms with Crippen molar-refractivity contribution in [1.29, 1.82) is 0 Å². The fourth-order valence-electron chi connectivity index (χ4n) is 2.75. The van der Waals surface area contributed by atoms with Gasteiger partial charge >= 0.3 is 5.91 Å². The van der Waals surface area contributed by atoms with Crippen LogP contribution in [0, 0.1) is 0 Å². The molecular weight excluding hydrogens is 460 g/mol. The average Bonchev–Trinajstić information content (AvgIpc) is 3.03. The summed E-state index contributed by atoms with van der Waals surface area (Å²) in [5.74, 6) is -0.788. The van der Waals surface area contributed by atoms with Gasteiger partial charge in [-0.15, -0.1) is 0 Å². The maximum atomic E-state index is 12.8. The van der Waals surface area contributed by atoms with E-state index in [0.717, 1.165) is 10.2 Å². The summed E-state index contributed by atoms with van der Waals surface area (Å²) in [6, 6.07) is 11.2. The fourth-order valence-corrected chi connectivity index (χ4v) is 4.56. The number of halogens is 1. The molecule has 29 heavy (non-hydrogen) atoms. The Kier molecular flexibility index (Phi) is 5.90. The second-order valence-electron chi connectivity index (χ2n) is 6.89. The summed E-state index contributed by atoms with van der Waals surface area (Å²) >= 11 is 3.48. The van der Waals surface area contributed by atoms with E-state index >= 15 is 0 Å². The Hall–Kier alpha value is -2.52. The molecule has 1 heterocycles. The maximum Gasteiger partial charge on any atom is 0.300 e. The van der Waals surface area contributed by atoms with E-state index in [1.165, 1.54) is 12.1 Å². The summed E-state index contributed by atoms with van der Waals surface area (Å²) < 4.78 is 39.6. The standard InChI is InChI=1S/C20H21BrN2O5S/c1-12(2)27-16-7-5-6-8-19(16)29(25,26)22-20(24)18-10-13-9-14(21)15(23(3)4)11-17(13)28-18/h5-12H,1-4H3,(H,22,24). The Bertz CT molecular complexity index is 1170. The van der Waals surface area contributed by atoms with Crippen LogP contribution < -0.4 is 14.4 Å². The van der Waals surface area contributed by atoms with E-state index in [9.17, 15) is 13.2 Å². The number of carbonyl (C=O) groups is 1. The van der Waals surface area contributed by atoms with Crippen LogP contribution in [0.15, 0.2) is 56.2 Å². The van der Waals surface area contributed by atoms with Crippen LogP contribution in [0.2, 0.25) is 0 Å². The van der Waals surface area contributed by atoms with Crippen molar-refractivity contribution in [2.45, 2.75) is 24.8 Å². The zero-order valence-electron chi connectivity index (χ0n) is 16.4. The van der Waals surface area contributed by atoms with E-state index in [1.54, 1.807) is 38.1 Å². The van der Waals surface area contributed by atoms with Crippen LogP contribution in [0.5, 0.6) is 5.75 Å². The number of rotatable bonds is 6. The van der Waals surface area contributed by atoms with Gasteiger partial charge in [-0.2, -0.15) is 0 Å². The number of anilines is 1. The number of nitrogens with zero attached hydrogens (tertiary/aromatic N) is 1. The smallest absolute Gasteiger partial charge is 0.300 e. The second-order valence-corrected chi connectivity index (χ2v) is 9.40. The van der Waals surface area contributed by atoms with Crippen molar-refractivity contribution in [1.82, 2.24) is 4.72 Å². The van der Waals surface area contributed by atoms with E-state index in [4.69, 9.17) is 9.15 Å². The summed E-state index contributed by atoms with van der Waals surface area (Å²) in [5.41, 5.74) is 1.34. The van der Waals surface area contributed by atoms with Crippen molar-refractivity contribution in [3.63, 3.8) is 0 Å². The number of sulfonamides is 1. The predicted octanol–water partition coefficient (Wildman–Crippen LogP) is 4.17. The Morgan fingerprint density at radius 2 is 1.86 bits per heavy atom. The molecule has 154 valence electrons. The van der Waals surface area contributed by atoms with Crippen LogP contribution in [0.25, 0.3) is 11.0 Å². The van der Waals surface area contributed by atoms with E-state index in [-0.39, 0.29) is 22.5 Å². The van der Waals surface area contributed by atoms with Gasteiger partial charge in [0.25, 0.3) is 10.0 Å². The molecule has 0 aliphatic heterocycles. The van der Waals surface area contributed by atoms with Crippen molar-refractivity contribution in [2.24, 2.45) is 0 Å². The third-order valence-corrected chi connectivity index (χ3v) is 6.03. The SMILES string of the molecule is CC(C)Oc1ccccc1S(=O)(=O)NC(=O)c1cc2cc(Br)c(N(C)C)cc2o1. The number of nitrogens with one attached hydrogen (secondary N) is 1. The molecule has 1 aromatic heterocycles. The number of ether oxygens (including phenoxy) is 1. The van der Waals surface area contributed by atoms with E-state index < -0.39 is 15.9 Å². The summed E-state index contributed by atoms with van der Waals surface area (Å²) in [4.78, 5) is 14.4. The minimum atomic E-state index is -4.15. The quantitative estimate of drug-likeness (QED) is 0.569. The molecule has 7 nitrogen and oxygen atoms in total. The topological polar surface area (TPSA) is 88.8 Å². The Balaban J connectivity index is 1.92. The van der Waals surface area contributed by atoms with Gasteiger partial charge in [-0.1, -0.05) is 12.1 Å². The van der Waals surface area contributed by atoms with Crippen LogP contribution in [0.3, 0.4) is 0 Å². The molecular formula is C20H21BrN2O5S. The lowest BCUT2D eigenvalue weighted by molar-refractivity contribution is 0.0956. The van der Waals surface area contributed by atoms with Crippen molar-refractivity contribution >= 4 is 48.5 Å². The monoisotopic (exact) mass is 480 g/mol. The Morgan fingerprint density at radius 1 is 1.17 bits per heavy atom. The molecule has 0 spiro atoms. The van der Waals surface area contributed by atoms with Gasteiger partial charge in [0.2, 0.25) is 0 Å². The van der Waals surface area contributed by atoms with Crippen LogP contribution in [-0.4, -0.2) is 34.5 Å². The number of fused-ring (bicyclic) bond motifs is 1. The molecule has 0 aliphatic rings. The molecule has 9 heteroatoms. The highest BCUT2D eigenvalue weighted by Crippen LogP contribution is 2.32. The Labute approximate surface area is 177 Å². The molecule has 0 saturated carbocycles. The number of para-hydroxylation sites is 1. The third-order valence-electron chi connectivity index (χ3n) is 4.02. The van der Waals surface area contributed by atoms with E-state index in [2.05, 4.69) is 20.7 Å². The molecule has 1 N–H and O–H groups in total. The molecule has 3 aromatic rings. The van der Waals surface area contributed by atoms with Gasteiger partial charge in [0.15, 0.2) is 5.76 Å². The van der Waals surface area contributed by atoms with Crippen LogP contribution in [0.4, 0.5) is 5.69 Å². The van der Waals surface area contributed by atoms with Gasteiger partial charge in [0.05, 0.1) is 11.8 Å². The fraction of sp³-hybridized carbons (Fsp3) is 0.250. The summed E-state index contributed by atoms with van der Waals surface area (Å²) in [5, 5.41) is 0.675. The number of hydrogen-bond donors (Lipinski definition) is 1. The number of carbonyl (C=O) groups excluding carboxylic acids is 1. The molecule has 0 saturated heterocycles. The van der Waals surface area contributed by atoms with Gasteiger partial charge in [-0.25, -0.2) is 13.1 Å². The molecule has 0 bridgehead atoms. The van der Waals surface area contributed by atoms with E-state index in [0.29, 0.717) is 11.0 Å². The van der Waals surface area contributed by atoms with Crippen LogP contribution >= 0.6 is 15.9 Å². The largest absolute Gasteiger partial charge is 0.490 e. The molecule has 0 unspecified atom stereocenters. The van der Waals surface area contributed by atoms with Gasteiger partial charge < -0.3 is 14.1 Å². The molecule has 0 fully saturated rings. The highest BCUT2D eigenvalue weighted by molar-refractivity contribution is 9.10. The first-order valence-corrected chi connectivity index (χ1v) is 11.1. The first-order chi connectivity index (χ1) is 13.6. The maximum absolute atomic E-state index is 12.8. The third kappa shape index (κ3) is 4.56. The van der Waals surface area contributed by atoms with Crippen LogP contribution in [0.1, 0.15) is 24.4 Å². The van der Waals surface area contributed by atoms with Gasteiger partial charge in [0.1, 0.15) is 16.2 Å². The van der Waals surface area contributed by atoms with Crippen molar-refractivity contribution in [3.8, 4) is 5.75 Å². The molecule has 0 radical (unpaired) electrons. The molecule has 0 atom stereocenters. The van der Waals surface area contributed by atoms with Gasteiger partial charge in [-0.05, 0) is 54.0 Å². The van der Waals surface area contributed by atoms with Crippen molar-refractivity contribution in [2.75, 3.05) is 19.0 Å². The van der Waals surface area contributed by atoms with Crippen LogP contribution in [-0.2, 0) is 10.0 Å². The summed E-state index contributed by atoms with van der Waals surface area (Å²) in [6.45, 7) is 3.58. The first kappa shape index (κ1) is 21.2. The van der Waals surface area contributed by atoms with Gasteiger partial charge in [0, 0.05) is 30.0 Å². The second kappa shape index (κ2) is 8.08. The number of furan rings is 1. The normalized spacial score (nSPS) is 11.7. The highest BCUT2D eigenvalue weighted by atomic mass is 79.9. The molecule has 1 amide bonds. The summed E-state index contributed by atoms with van der Waals surface area (Å²) in [6.07, 6.45) is -0.221. The predicted molar refractivity (Wildman–Crippen MR) is 115 cm³/mol. The molecule has 3 rings (SSSR count). The summed E-state index contributed by atoms with van der Waals surface area (Å²) in [7, 11) is -0.392. The lowest BCUT2D eigenvalue weighted by Crippen LogP contribution is -2.30. The number of hydrogen-bond acceptors (Lipinski definition) is 6. The molecule has 0 aliphatic carbocycles. The van der Waals surface area contributed by atoms with E-state index in [1.807, 2.05) is 25.1 Å². The zero-order chi connectivity index (χ0) is 21.3. The number of amides is 1. The lowest BCUT2D eigenvalue weighted by Gasteiger charge is -2.14. The minimum Gasteiger partial charge on any atom is -0.490 e. The van der Waals surface area contributed by atoms with Crippen molar-refractivity contribution in [3.05, 3.63) is 52.7 Å². The average molecular weight is 481 g/mol. The Morgan fingerprint density at radius 3 is 2.52 bits per heavy atom. The minimum absolute atomic E-state index is 0.103. The molecule has 2 aromatic carbocycles. The number of benzene rings is 2. The van der Waals surface area contributed by atoms with Crippen molar-refractivity contribution < 1.29 is 22.4 Å². The first-order valence-electron chi connectivity index (χ1n) is 8.81. The van der Waals surface area contributed by atoms with Gasteiger partial charge in [-0.3, -0.25) is 4.79 Å².